The van der Waals surface area contributed by atoms with Crippen molar-refractivity contribution >= 4 is 5.91 Å². The lowest BCUT2D eigenvalue weighted by Gasteiger charge is -2.29. The molecule has 0 aromatic carbocycles. The van der Waals surface area contributed by atoms with Crippen molar-refractivity contribution in [2.75, 3.05) is 19.6 Å². The molecule has 1 saturated heterocycles. The number of rotatable bonds is 3. The molecule has 0 aromatic rings. The third-order valence-electron chi connectivity index (χ3n) is 2.35. The minimum absolute atomic E-state index is 0.230. The zero-order valence-electron chi connectivity index (χ0n) is 7.33. The zero-order chi connectivity index (χ0) is 8.97. The monoisotopic (exact) mass is 168 g/mol. The van der Waals surface area contributed by atoms with Gasteiger partial charge in [0, 0.05) is 0 Å². The average molecular weight is 168 g/mol. The van der Waals surface area contributed by atoms with Crippen LogP contribution in [0.5, 0.6) is 0 Å². The number of likely N-dealkylation sites (tertiary alicyclic amines) is 1. The Kier molecular flexibility index (Phi) is 3.29. The van der Waals surface area contributed by atoms with Crippen LogP contribution in [0.1, 0.15) is 12.8 Å². The molecule has 3 heteroatoms. The first-order valence-electron chi connectivity index (χ1n) is 4.35. The topological polar surface area (TPSA) is 46.3 Å². The van der Waals surface area contributed by atoms with Crippen LogP contribution in [0.4, 0.5) is 0 Å². The number of carbonyl (C=O) groups is 1. The molecule has 2 N–H and O–H groups in total. The summed E-state index contributed by atoms with van der Waals surface area (Å²) >= 11 is 0. The van der Waals surface area contributed by atoms with E-state index in [2.05, 4.69) is 11.5 Å². The predicted octanol–water partition coefficient (Wildman–Crippen LogP) is 0.370. The SMILES string of the molecule is C=CC1CCN(CC(N)=O)CC1. The quantitative estimate of drug-likeness (QED) is 0.619. The molecule has 0 unspecified atom stereocenters. The second kappa shape index (κ2) is 4.26. The Morgan fingerprint density at radius 1 is 1.58 bits per heavy atom. The Morgan fingerprint density at radius 2 is 2.17 bits per heavy atom. The van der Waals surface area contributed by atoms with E-state index in [1.165, 1.54) is 0 Å². The smallest absolute Gasteiger partial charge is 0.231 e. The highest BCUT2D eigenvalue weighted by Crippen LogP contribution is 2.16. The van der Waals surface area contributed by atoms with Crippen molar-refractivity contribution in [1.82, 2.24) is 4.90 Å². The first kappa shape index (κ1) is 9.26. The van der Waals surface area contributed by atoms with Crippen LogP contribution >= 0.6 is 0 Å². The van der Waals surface area contributed by atoms with Gasteiger partial charge in [0.05, 0.1) is 6.54 Å². The highest BCUT2D eigenvalue weighted by atomic mass is 16.1. The summed E-state index contributed by atoms with van der Waals surface area (Å²) in [6, 6.07) is 0. The second-order valence-electron chi connectivity index (χ2n) is 3.32. The van der Waals surface area contributed by atoms with Gasteiger partial charge < -0.3 is 5.73 Å². The number of primary amides is 1. The van der Waals surface area contributed by atoms with Gasteiger partial charge in [0.1, 0.15) is 0 Å². The molecular weight excluding hydrogens is 152 g/mol. The van der Waals surface area contributed by atoms with Gasteiger partial charge in [-0.15, -0.1) is 6.58 Å². The molecule has 1 aliphatic rings. The summed E-state index contributed by atoms with van der Waals surface area (Å²) in [6.45, 7) is 6.11. The van der Waals surface area contributed by atoms with E-state index in [1.807, 2.05) is 6.08 Å². The van der Waals surface area contributed by atoms with Crippen molar-refractivity contribution in [3.05, 3.63) is 12.7 Å². The fourth-order valence-electron chi connectivity index (χ4n) is 1.57. The maximum absolute atomic E-state index is 10.6. The fraction of sp³-hybridized carbons (Fsp3) is 0.667. The molecule has 0 aliphatic carbocycles. The first-order chi connectivity index (χ1) is 5.72. The highest BCUT2D eigenvalue weighted by molar-refractivity contribution is 5.75. The van der Waals surface area contributed by atoms with E-state index >= 15 is 0 Å². The van der Waals surface area contributed by atoms with Gasteiger partial charge in [0.25, 0.3) is 0 Å². The van der Waals surface area contributed by atoms with Gasteiger partial charge in [-0.2, -0.15) is 0 Å². The minimum atomic E-state index is -0.230. The summed E-state index contributed by atoms with van der Waals surface area (Å²) in [4.78, 5) is 12.7. The van der Waals surface area contributed by atoms with Crippen molar-refractivity contribution < 1.29 is 4.79 Å². The van der Waals surface area contributed by atoms with Crippen LogP contribution in [0.25, 0.3) is 0 Å². The third-order valence-corrected chi connectivity index (χ3v) is 2.35. The second-order valence-corrected chi connectivity index (χ2v) is 3.32. The number of nitrogens with zero attached hydrogens (tertiary/aromatic N) is 1. The third kappa shape index (κ3) is 2.66. The molecule has 0 saturated carbocycles. The summed E-state index contributed by atoms with van der Waals surface area (Å²) in [7, 11) is 0. The van der Waals surface area contributed by atoms with Crippen molar-refractivity contribution in [2.45, 2.75) is 12.8 Å². The van der Waals surface area contributed by atoms with Crippen LogP contribution in [0.3, 0.4) is 0 Å². The normalized spacial score (nSPS) is 20.7. The number of hydrogen-bond acceptors (Lipinski definition) is 2. The van der Waals surface area contributed by atoms with E-state index in [4.69, 9.17) is 5.73 Å². The van der Waals surface area contributed by atoms with Crippen molar-refractivity contribution in [2.24, 2.45) is 11.7 Å². The Bertz CT molecular complexity index is 171. The fourth-order valence-corrected chi connectivity index (χ4v) is 1.57. The van der Waals surface area contributed by atoms with E-state index in [0.29, 0.717) is 12.5 Å². The van der Waals surface area contributed by atoms with Crippen molar-refractivity contribution in [1.29, 1.82) is 0 Å². The van der Waals surface area contributed by atoms with Crippen LogP contribution in [0.2, 0.25) is 0 Å². The Labute approximate surface area is 73.2 Å². The molecular formula is C9H16N2O. The average Bonchev–Trinajstić information content (AvgIpc) is 2.05. The number of piperidine rings is 1. The molecule has 1 amide bonds. The largest absolute Gasteiger partial charge is 0.369 e. The summed E-state index contributed by atoms with van der Waals surface area (Å²) in [5.74, 6) is 0.404. The molecule has 1 aliphatic heterocycles. The van der Waals surface area contributed by atoms with Crippen molar-refractivity contribution in [3.8, 4) is 0 Å². The van der Waals surface area contributed by atoms with Gasteiger partial charge in [-0.05, 0) is 31.8 Å². The standard InChI is InChI=1S/C9H16N2O/c1-2-8-3-5-11(6-4-8)7-9(10)12/h2,8H,1,3-7H2,(H2,10,12). The van der Waals surface area contributed by atoms with E-state index < -0.39 is 0 Å². The van der Waals surface area contributed by atoms with Gasteiger partial charge in [-0.25, -0.2) is 0 Å². The number of nitrogens with two attached hydrogens (primary N) is 1. The predicted molar refractivity (Wildman–Crippen MR) is 48.6 cm³/mol. The Hall–Kier alpha value is -0.830. The van der Waals surface area contributed by atoms with Crippen LogP contribution < -0.4 is 5.73 Å². The molecule has 1 fully saturated rings. The molecule has 3 nitrogen and oxygen atoms in total. The Balaban J connectivity index is 2.26. The number of hydrogen-bond donors (Lipinski definition) is 1. The summed E-state index contributed by atoms with van der Waals surface area (Å²) in [6.07, 6.45) is 4.22. The van der Waals surface area contributed by atoms with Gasteiger partial charge in [-0.3, -0.25) is 9.69 Å². The lowest BCUT2D eigenvalue weighted by molar-refractivity contribution is -0.119. The van der Waals surface area contributed by atoms with Gasteiger partial charge >= 0.3 is 0 Å². The van der Waals surface area contributed by atoms with Gasteiger partial charge in [0.15, 0.2) is 0 Å². The van der Waals surface area contributed by atoms with Crippen LogP contribution in [-0.4, -0.2) is 30.4 Å². The molecule has 12 heavy (non-hydrogen) atoms. The molecule has 1 heterocycles. The zero-order valence-corrected chi connectivity index (χ0v) is 7.33. The summed E-state index contributed by atoms with van der Waals surface area (Å²) < 4.78 is 0. The van der Waals surface area contributed by atoms with Crippen LogP contribution in [0.15, 0.2) is 12.7 Å². The van der Waals surface area contributed by atoms with Crippen LogP contribution in [-0.2, 0) is 4.79 Å². The van der Waals surface area contributed by atoms with E-state index in [0.717, 1.165) is 25.9 Å². The maximum atomic E-state index is 10.6. The van der Waals surface area contributed by atoms with E-state index in [-0.39, 0.29) is 5.91 Å². The van der Waals surface area contributed by atoms with Gasteiger partial charge in [-0.1, -0.05) is 6.08 Å². The lowest BCUT2D eigenvalue weighted by Crippen LogP contribution is -2.39. The number of carbonyl (C=O) groups excluding carboxylic acids is 1. The van der Waals surface area contributed by atoms with E-state index in [1.54, 1.807) is 0 Å². The number of allylic oxidation sites excluding steroid dienone is 1. The molecule has 68 valence electrons. The summed E-state index contributed by atoms with van der Waals surface area (Å²) in [5.41, 5.74) is 5.09. The maximum Gasteiger partial charge on any atom is 0.231 e. The lowest BCUT2D eigenvalue weighted by atomic mass is 9.97. The number of amides is 1. The highest BCUT2D eigenvalue weighted by Gasteiger charge is 2.17. The molecule has 0 atom stereocenters. The van der Waals surface area contributed by atoms with Gasteiger partial charge in [0.2, 0.25) is 5.91 Å². The molecule has 0 spiro atoms. The molecule has 1 rings (SSSR count). The minimum Gasteiger partial charge on any atom is -0.369 e. The van der Waals surface area contributed by atoms with Crippen LogP contribution in [0, 0.1) is 5.92 Å². The molecule has 0 aromatic heterocycles. The van der Waals surface area contributed by atoms with E-state index in [9.17, 15) is 4.79 Å². The summed E-state index contributed by atoms with van der Waals surface area (Å²) in [5, 5.41) is 0. The Morgan fingerprint density at radius 3 is 2.58 bits per heavy atom. The molecule has 0 bridgehead atoms. The first-order valence-corrected chi connectivity index (χ1v) is 4.35. The van der Waals surface area contributed by atoms with Crippen molar-refractivity contribution in [3.63, 3.8) is 0 Å². The molecule has 0 radical (unpaired) electrons.